The van der Waals surface area contributed by atoms with E-state index in [0.29, 0.717) is 18.3 Å². The monoisotopic (exact) mass is 225 g/mol. The highest BCUT2D eigenvalue weighted by Crippen LogP contribution is 2.31. The zero-order chi connectivity index (χ0) is 12.9. The van der Waals surface area contributed by atoms with Gasteiger partial charge in [0.15, 0.2) is 0 Å². The molecule has 0 aromatic heterocycles. The van der Waals surface area contributed by atoms with E-state index < -0.39 is 5.92 Å². The van der Waals surface area contributed by atoms with Gasteiger partial charge in [0, 0.05) is 6.42 Å². The number of rotatable bonds is 7. The predicted octanol–water partition coefficient (Wildman–Crippen LogP) is 3.40. The fourth-order valence-electron chi connectivity index (χ4n) is 1.54. The fourth-order valence-corrected chi connectivity index (χ4v) is 1.54. The van der Waals surface area contributed by atoms with Crippen molar-refractivity contribution in [2.24, 2.45) is 23.2 Å². The zero-order valence-electron chi connectivity index (χ0n) is 11.5. The van der Waals surface area contributed by atoms with E-state index in [-0.39, 0.29) is 11.2 Å². The largest absolute Gasteiger partial charge is 0.299 e. The first-order chi connectivity index (χ1) is 7.26. The minimum atomic E-state index is -0.571. The van der Waals surface area contributed by atoms with Gasteiger partial charge in [0.2, 0.25) is 6.29 Å². The first-order valence-corrected chi connectivity index (χ1v) is 6.16. The van der Waals surface area contributed by atoms with Crippen molar-refractivity contribution in [1.82, 2.24) is 0 Å². The molecule has 0 fully saturated rings. The van der Waals surface area contributed by atoms with Crippen LogP contribution < -0.4 is 0 Å². The number of carbonyl (C=O) groups is 1. The summed E-state index contributed by atoms with van der Waals surface area (Å²) < 4.78 is 0. The lowest BCUT2D eigenvalue weighted by atomic mass is 9.73. The van der Waals surface area contributed by atoms with E-state index in [2.05, 4.69) is 20.8 Å². The molecule has 2 nitrogen and oxygen atoms in total. The van der Waals surface area contributed by atoms with Crippen molar-refractivity contribution >= 4 is 12.1 Å². The number of hydrogen-bond acceptors (Lipinski definition) is 2. The third-order valence-electron chi connectivity index (χ3n) is 3.79. The summed E-state index contributed by atoms with van der Waals surface area (Å²) in [6.45, 7) is 12.2. The summed E-state index contributed by atoms with van der Waals surface area (Å²) in [5.41, 5.74) is -0.268. The van der Waals surface area contributed by atoms with Crippen LogP contribution in [0.25, 0.3) is 0 Å². The van der Waals surface area contributed by atoms with Gasteiger partial charge in [-0.05, 0) is 23.7 Å². The molecule has 0 aliphatic heterocycles. The normalized spacial score (nSPS) is 15.9. The van der Waals surface area contributed by atoms with E-state index in [1.165, 1.54) is 0 Å². The maximum Gasteiger partial charge on any atom is 0.210 e. The summed E-state index contributed by atoms with van der Waals surface area (Å²) in [6.07, 6.45) is 3.24. The SMILES string of the molecule is CCC(C)(C)C([C]=O)C(=O)CC(C)C(C)C. The molecular weight excluding hydrogens is 200 g/mol. The van der Waals surface area contributed by atoms with Crippen LogP contribution in [0, 0.1) is 23.2 Å². The third-order valence-corrected chi connectivity index (χ3v) is 3.79. The lowest BCUT2D eigenvalue weighted by Gasteiger charge is -2.28. The molecule has 0 bridgehead atoms. The second-order valence-electron chi connectivity index (χ2n) is 5.78. The summed E-state index contributed by atoms with van der Waals surface area (Å²) in [5.74, 6) is 0.277. The molecule has 0 saturated carbocycles. The zero-order valence-corrected chi connectivity index (χ0v) is 11.5. The number of hydrogen-bond donors (Lipinski definition) is 0. The molecule has 2 atom stereocenters. The van der Waals surface area contributed by atoms with Crippen LogP contribution in [0.1, 0.15) is 54.4 Å². The molecule has 0 N–H and O–H groups in total. The van der Waals surface area contributed by atoms with Crippen LogP contribution >= 0.6 is 0 Å². The van der Waals surface area contributed by atoms with Gasteiger partial charge in [0.1, 0.15) is 5.78 Å². The van der Waals surface area contributed by atoms with E-state index in [9.17, 15) is 9.59 Å². The van der Waals surface area contributed by atoms with E-state index in [1.807, 2.05) is 27.1 Å². The highest BCUT2D eigenvalue weighted by atomic mass is 16.1. The molecule has 16 heavy (non-hydrogen) atoms. The highest BCUT2D eigenvalue weighted by Gasteiger charge is 2.34. The van der Waals surface area contributed by atoms with E-state index in [4.69, 9.17) is 0 Å². The quantitative estimate of drug-likeness (QED) is 0.622. The Balaban J connectivity index is 4.62. The summed E-state index contributed by atoms with van der Waals surface area (Å²) in [6, 6.07) is 0. The van der Waals surface area contributed by atoms with Crippen LogP contribution in [0.4, 0.5) is 0 Å². The molecule has 2 unspecified atom stereocenters. The Morgan fingerprint density at radius 3 is 2.06 bits per heavy atom. The van der Waals surface area contributed by atoms with Crippen LogP contribution in [0.2, 0.25) is 0 Å². The smallest absolute Gasteiger partial charge is 0.210 e. The van der Waals surface area contributed by atoms with Crippen LogP contribution in [-0.4, -0.2) is 12.1 Å². The Morgan fingerprint density at radius 2 is 1.75 bits per heavy atom. The molecule has 2 heteroatoms. The summed E-state index contributed by atoms with van der Waals surface area (Å²) in [5, 5.41) is 0. The van der Waals surface area contributed by atoms with Gasteiger partial charge < -0.3 is 0 Å². The standard InChI is InChI=1S/C14H25O2/c1-7-14(5,6)12(9-15)13(16)8-11(4)10(2)3/h10-12H,7-8H2,1-6H3. The molecule has 0 aliphatic carbocycles. The molecule has 93 valence electrons. The Hall–Kier alpha value is -0.660. The maximum atomic E-state index is 12.0. The lowest BCUT2D eigenvalue weighted by molar-refractivity contribution is -0.124. The maximum absolute atomic E-state index is 12.0. The van der Waals surface area contributed by atoms with Crippen molar-refractivity contribution in [2.45, 2.75) is 54.4 Å². The molecule has 0 aliphatic rings. The Morgan fingerprint density at radius 1 is 1.25 bits per heavy atom. The second-order valence-corrected chi connectivity index (χ2v) is 5.78. The van der Waals surface area contributed by atoms with E-state index in [1.54, 1.807) is 0 Å². The van der Waals surface area contributed by atoms with Crippen molar-refractivity contribution in [2.75, 3.05) is 0 Å². The summed E-state index contributed by atoms with van der Waals surface area (Å²) in [7, 11) is 0. The average molecular weight is 225 g/mol. The molecule has 1 radical (unpaired) electrons. The van der Waals surface area contributed by atoms with Crippen LogP contribution in [0.5, 0.6) is 0 Å². The van der Waals surface area contributed by atoms with Gasteiger partial charge in [-0.25, -0.2) is 0 Å². The topological polar surface area (TPSA) is 34.1 Å². The van der Waals surface area contributed by atoms with Crippen molar-refractivity contribution in [3.63, 3.8) is 0 Å². The molecule has 0 aromatic carbocycles. The van der Waals surface area contributed by atoms with E-state index in [0.717, 1.165) is 6.42 Å². The predicted molar refractivity (Wildman–Crippen MR) is 66.9 cm³/mol. The van der Waals surface area contributed by atoms with Gasteiger partial charge in [-0.3, -0.25) is 9.59 Å². The van der Waals surface area contributed by atoms with Crippen LogP contribution in [0.3, 0.4) is 0 Å². The second kappa shape index (κ2) is 6.17. The molecule has 0 rings (SSSR count). The van der Waals surface area contributed by atoms with Gasteiger partial charge in [-0.15, -0.1) is 0 Å². The fraction of sp³-hybridized carbons (Fsp3) is 0.857. The van der Waals surface area contributed by atoms with Gasteiger partial charge >= 0.3 is 0 Å². The minimum Gasteiger partial charge on any atom is -0.299 e. The molecule has 0 amide bonds. The Kier molecular flexibility index (Phi) is 5.91. The lowest BCUT2D eigenvalue weighted by Crippen LogP contribution is -2.33. The third kappa shape index (κ3) is 4.07. The number of Topliss-reactive ketones (excluding diaryl/α,β-unsaturated/α-hetero) is 1. The number of carbonyl (C=O) groups excluding carboxylic acids is 2. The van der Waals surface area contributed by atoms with E-state index >= 15 is 0 Å². The Bertz CT molecular complexity index is 241. The Labute approximate surface area is 99.8 Å². The van der Waals surface area contributed by atoms with Crippen molar-refractivity contribution in [3.8, 4) is 0 Å². The first-order valence-electron chi connectivity index (χ1n) is 6.16. The van der Waals surface area contributed by atoms with Crippen molar-refractivity contribution in [3.05, 3.63) is 0 Å². The van der Waals surface area contributed by atoms with Crippen molar-refractivity contribution < 1.29 is 9.59 Å². The van der Waals surface area contributed by atoms with Gasteiger partial charge in [-0.1, -0.05) is 41.5 Å². The molecule has 0 aromatic rings. The summed E-state index contributed by atoms with van der Waals surface area (Å²) >= 11 is 0. The minimum absolute atomic E-state index is 0.0445. The van der Waals surface area contributed by atoms with Gasteiger partial charge in [-0.2, -0.15) is 0 Å². The molecule has 0 saturated heterocycles. The molecular formula is C14H25O2. The van der Waals surface area contributed by atoms with Gasteiger partial charge in [0.05, 0.1) is 5.92 Å². The molecule has 0 spiro atoms. The summed E-state index contributed by atoms with van der Waals surface area (Å²) in [4.78, 5) is 23.0. The number of ketones is 1. The average Bonchev–Trinajstić information content (AvgIpc) is 2.18. The van der Waals surface area contributed by atoms with Gasteiger partial charge in [0.25, 0.3) is 0 Å². The van der Waals surface area contributed by atoms with Crippen LogP contribution in [0.15, 0.2) is 0 Å². The van der Waals surface area contributed by atoms with Crippen LogP contribution in [-0.2, 0) is 9.59 Å². The molecule has 0 heterocycles. The first kappa shape index (κ1) is 15.3. The highest BCUT2D eigenvalue weighted by molar-refractivity contribution is 5.94. The van der Waals surface area contributed by atoms with Crippen molar-refractivity contribution in [1.29, 1.82) is 0 Å².